The number of nitrogens with one attached hydrogen (secondary N) is 3. The van der Waals surface area contributed by atoms with Crippen molar-refractivity contribution in [3.8, 4) is 0 Å². The third-order valence-corrected chi connectivity index (χ3v) is 5.04. The Morgan fingerprint density at radius 2 is 2.08 bits per heavy atom. The molecule has 144 valence electrons. The number of guanidine groups is 1. The summed E-state index contributed by atoms with van der Waals surface area (Å²) in [7, 11) is 3.99. The number of benzene rings is 1. The molecule has 1 fully saturated rings. The average molecular weight is 473 g/mol. The Hall–Kier alpha value is -1.35. The first-order chi connectivity index (χ1) is 12.2. The number of rotatable bonds is 5. The van der Waals surface area contributed by atoms with Crippen LogP contribution in [0.4, 0.5) is 4.39 Å². The van der Waals surface area contributed by atoms with Gasteiger partial charge in [-0.25, -0.2) is 4.39 Å². The fourth-order valence-corrected chi connectivity index (χ4v) is 3.41. The van der Waals surface area contributed by atoms with Crippen molar-refractivity contribution in [3.05, 3.63) is 35.8 Å². The summed E-state index contributed by atoms with van der Waals surface area (Å²) in [4.78, 5) is 9.83. The number of fused-ring (bicyclic) bond motifs is 1. The van der Waals surface area contributed by atoms with Gasteiger partial charge in [0.25, 0.3) is 0 Å². The van der Waals surface area contributed by atoms with Gasteiger partial charge >= 0.3 is 0 Å². The van der Waals surface area contributed by atoms with Crippen molar-refractivity contribution in [2.24, 2.45) is 10.9 Å². The highest BCUT2D eigenvalue weighted by molar-refractivity contribution is 14.0. The van der Waals surface area contributed by atoms with Crippen molar-refractivity contribution in [3.63, 3.8) is 0 Å². The quantitative estimate of drug-likeness (QED) is 0.356. The zero-order valence-corrected chi connectivity index (χ0v) is 17.8. The van der Waals surface area contributed by atoms with Crippen LogP contribution in [0.3, 0.4) is 0 Å². The van der Waals surface area contributed by atoms with Crippen LogP contribution in [0, 0.1) is 11.7 Å². The van der Waals surface area contributed by atoms with Gasteiger partial charge in [0.15, 0.2) is 5.96 Å². The van der Waals surface area contributed by atoms with Crippen LogP contribution in [0.2, 0.25) is 0 Å². The number of aromatic amines is 1. The van der Waals surface area contributed by atoms with E-state index in [2.05, 4.69) is 32.6 Å². The Morgan fingerprint density at radius 3 is 2.81 bits per heavy atom. The number of hydrogen-bond acceptors (Lipinski definition) is 2. The summed E-state index contributed by atoms with van der Waals surface area (Å²) < 4.78 is 13.3. The van der Waals surface area contributed by atoms with Gasteiger partial charge in [-0.05, 0) is 69.1 Å². The minimum Gasteiger partial charge on any atom is -0.361 e. The normalized spacial score (nSPS) is 16.5. The fraction of sp³-hybridized carbons (Fsp3) is 0.526. The van der Waals surface area contributed by atoms with Crippen molar-refractivity contribution >= 4 is 40.8 Å². The van der Waals surface area contributed by atoms with Crippen LogP contribution in [-0.4, -0.2) is 56.1 Å². The molecule has 2 heterocycles. The molecule has 0 aliphatic carbocycles. The van der Waals surface area contributed by atoms with E-state index in [-0.39, 0.29) is 29.8 Å². The van der Waals surface area contributed by atoms with E-state index in [1.807, 2.05) is 12.3 Å². The number of halogens is 2. The van der Waals surface area contributed by atoms with Crippen LogP contribution in [0.25, 0.3) is 10.9 Å². The number of piperidine rings is 1. The highest BCUT2D eigenvalue weighted by atomic mass is 127. The van der Waals surface area contributed by atoms with E-state index in [9.17, 15) is 4.39 Å². The summed E-state index contributed by atoms with van der Waals surface area (Å²) in [6.45, 7) is 4.12. The number of hydrogen-bond donors (Lipinski definition) is 3. The lowest BCUT2D eigenvalue weighted by Crippen LogP contribution is -2.42. The van der Waals surface area contributed by atoms with Crippen molar-refractivity contribution in [1.29, 1.82) is 0 Å². The molecule has 0 bridgehead atoms. The highest BCUT2D eigenvalue weighted by Crippen LogP contribution is 2.19. The number of likely N-dealkylation sites (tertiary alicyclic amines) is 1. The molecule has 1 saturated heterocycles. The lowest BCUT2D eigenvalue weighted by molar-refractivity contribution is 0.220. The predicted molar refractivity (Wildman–Crippen MR) is 117 cm³/mol. The zero-order valence-electron chi connectivity index (χ0n) is 15.5. The minimum absolute atomic E-state index is 0. The van der Waals surface area contributed by atoms with Crippen molar-refractivity contribution < 1.29 is 4.39 Å². The van der Waals surface area contributed by atoms with Crippen molar-refractivity contribution in [2.75, 3.05) is 40.3 Å². The van der Waals surface area contributed by atoms with Gasteiger partial charge in [0, 0.05) is 37.2 Å². The van der Waals surface area contributed by atoms with E-state index in [0.717, 1.165) is 42.3 Å². The lowest BCUT2D eigenvalue weighted by atomic mass is 9.97. The molecule has 5 nitrogen and oxygen atoms in total. The molecule has 7 heteroatoms. The van der Waals surface area contributed by atoms with Crippen LogP contribution in [0.1, 0.15) is 18.4 Å². The van der Waals surface area contributed by atoms with Crippen molar-refractivity contribution in [1.82, 2.24) is 20.5 Å². The summed E-state index contributed by atoms with van der Waals surface area (Å²) in [5.74, 6) is 1.36. The van der Waals surface area contributed by atoms with Gasteiger partial charge in [-0.3, -0.25) is 4.99 Å². The molecular weight excluding hydrogens is 444 g/mol. The van der Waals surface area contributed by atoms with E-state index >= 15 is 0 Å². The van der Waals surface area contributed by atoms with Gasteiger partial charge in [-0.15, -0.1) is 24.0 Å². The average Bonchev–Trinajstić information content (AvgIpc) is 3.01. The molecule has 1 aliphatic rings. The van der Waals surface area contributed by atoms with E-state index in [1.165, 1.54) is 43.6 Å². The molecule has 0 saturated carbocycles. The third-order valence-electron chi connectivity index (χ3n) is 5.04. The minimum atomic E-state index is -0.211. The molecule has 0 radical (unpaired) electrons. The van der Waals surface area contributed by atoms with Gasteiger partial charge in [-0.1, -0.05) is 0 Å². The van der Waals surface area contributed by atoms with Crippen LogP contribution >= 0.6 is 24.0 Å². The van der Waals surface area contributed by atoms with E-state index < -0.39 is 0 Å². The van der Waals surface area contributed by atoms with Crippen LogP contribution < -0.4 is 10.6 Å². The smallest absolute Gasteiger partial charge is 0.190 e. The van der Waals surface area contributed by atoms with Gasteiger partial charge in [0.2, 0.25) is 0 Å². The Balaban J connectivity index is 0.00000243. The van der Waals surface area contributed by atoms with Crippen LogP contribution in [0.15, 0.2) is 29.4 Å². The zero-order chi connectivity index (χ0) is 17.6. The lowest BCUT2D eigenvalue weighted by Gasteiger charge is -2.29. The molecular formula is C19H29FIN5. The monoisotopic (exact) mass is 473 g/mol. The number of nitrogens with zero attached hydrogens (tertiary/aromatic N) is 2. The first kappa shape index (κ1) is 21.0. The molecule has 0 unspecified atom stereocenters. The molecule has 0 atom stereocenters. The van der Waals surface area contributed by atoms with Crippen molar-refractivity contribution in [2.45, 2.75) is 19.3 Å². The molecule has 26 heavy (non-hydrogen) atoms. The second kappa shape index (κ2) is 10.1. The molecule has 0 amide bonds. The van der Waals surface area contributed by atoms with Gasteiger partial charge in [0.1, 0.15) is 5.82 Å². The van der Waals surface area contributed by atoms with E-state index in [1.54, 1.807) is 7.05 Å². The van der Waals surface area contributed by atoms with Gasteiger partial charge < -0.3 is 20.5 Å². The predicted octanol–water partition coefficient (Wildman–Crippen LogP) is 2.97. The summed E-state index contributed by atoms with van der Waals surface area (Å²) in [5, 5.41) is 7.90. The summed E-state index contributed by atoms with van der Waals surface area (Å²) in [5.41, 5.74) is 2.04. The molecule has 1 aromatic carbocycles. The first-order valence-corrected chi connectivity index (χ1v) is 9.04. The van der Waals surface area contributed by atoms with E-state index in [4.69, 9.17) is 0 Å². The SMILES string of the molecule is CN=C(NCCc1c[nH]c2cc(F)ccc12)NCC1CCN(C)CC1.I. The molecule has 0 spiro atoms. The molecule has 3 N–H and O–H groups in total. The molecule has 1 aromatic heterocycles. The maximum absolute atomic E-state index is 13.3. The summed E-state index contributed by atoms with van der Waals surface area (Å²) in [6.07, 6.45) is 5.31. The molecule has 2 aromatic rings. The Bertz CT molecular complexity index is 722. The third kappa shape index (κ3) is 5.57. The highest BCUT2D eigenvalue weighted by Gasteiger charge is 2.16. The Kier molecular flexibility index (Phi) is 8.15. The van der Waals surface area contributed by atoms with Gasteiger partial charge in [0.05, 0.1) is 0 Å². The number of H-pyrrole nitrogens is 1. The number of aliphatic imine (C=N–C) groups is 1. The summed E-state index contributed by atoms with van der Waals surface area (Å²) >= 11 is 0. The Labute approximate surface area is 171 Å². The second-order valence-electron chi connectivity index (χ2n) is 6.88. The van der Waals surface area contributed by atoms with Gasteiger partial charge in [-0.2, -0.15) is 0 Å². The maximum Gasteiger partial charge on any atom is 0.190 e. The van der Waals surface area contributed by atoms with E-state index in [0.29, 0.717) is 0 Å². The van der Waals surface area contributed by atoms with Crippen LogP contribution in [0.5, 0.6) is 0 Å². The second-order valence-corrected chi connectivity index (χ2v) is 6.88. The topological polar surface area (TPSA) is 55.5 Å². The standard InChI is InChI=1S/C19H28FN5.HI/c1-21-19(24-12-14-6-9-25(2)10-7-14)22-8-5-15-13-23-18-11-16(20)3-4-17(15)18;/h3-4,11,13-14,23H,5-10,12H2,1-2H3,(H2,21,22,24);1H. The first-order valence-electron chi connectivity index (χ1n) is 9.04. The largest absolute Gasteiger partial charge is 0.361 e. The molecule has 3 rings (SSSR count). The number of aromatic nitrogens is 1. The molecule has 1 aliphatic heterocycles. The Morgan fingerprint density at radius 1 is 1.31 bits per heavy atom. The fourth-order valence-electron chi connectivity index (χ4n) is 3.41. The van der Waals surface area contributed by atoms with Crippen LogP contribution in [-0.2, 0) is 6.42 Å². The summed E-state index contributed by atoms with van der Waals surface area (Å²) in [6, 6.07) is 4.88. The maximum atomic E-state index is 13.3.